The lowest BCUT2D eigenvalue weighted by atomic mass is 10.1. The molecule has 0 heterocycles. The maximum absolute atomic E-state index is 12.7. The van der Waals surface area contributed by atoms with Crippen LogP contribution in [0.3, 0.4) is 0 Å². The Morgan fingerprint density at radius 2 is 1.77 bits per heavy atom. The van der Waals surface area contributed by atoms with Crippen LogP contribution in [0, 0.1) is 6.92 Å². The smallest absolute Gasteiger partial charge is 0.272 e. The van der Waals surface area contributed by atoms with Gasteiger partial charge in [0.05, 0.1) is 19.9 Å². The van der Waals surface area contributed by atoms with Gasteiger partial charge in [-0.25, -0.2) is 0 Å². The first-order valence-corrected chi connectivity index (χ1v) is 8.03. The van der Waals surface area contributed by atoms with Crippen molar-refractivity contribution in [3.63, 3.8) is 0 Å². The van der Waals surface area contributed by atoms with Gasteiger partial charge in [-0.1, -0.05) is 24.3 Å². The van der Waals surface area contributed by atoms with Gasteiger partial charge < -0.3 is 20.1 Å². The lowest BCUT2D eigenvalue weighted by Gasteiger charge is -2.14. The van der Waals surface area contributed by atoms with E-state index in [0.29, 0.717) is 17.2 Å². The van der Waals surface area contributed by atoms with E-state index in [0.717, 1.165) is 11.1 Å². The highest BCUT2D eigenvalue weighted by Crippen LogP contribution is 2.29. The first-order valence-electron chi connectivity index (χ1n) is 8.03. The second-order valence-electron chi connectivity index (χ2n) is 5.62. The average molecular weight is 354 g/mol. The first-order chi connectivity index (χ1) is 12.4. The zero-order valence-corrected chi connectivity index (χ0v) is 15.3. The Bertz CT molecular complexity index is 843. The van der Waals surface area contributed by atoms with Crippen LogP contribution in [0.2, 0.25) is 0 Å². The summed E-state index contributed by atoms with van der Waals surface area (Å²) in [7, 11) is 3.05. The van der Waals surface area contributed by atoms with Crippen molar-refractivity contribution in [3.8, 4) is 11.5 Å². The Balaban J connectivity index is 2.36. The number of hydrogen-bond donors (Lipinski definition) is 2. The molecular formula is C20H22N2O4. The van der Waals surface area contributed by atoms with Crippen molar-refractivity contribution in [1.82, 2.24) is 5.32 Å². The lowest BCUT2D eigenvalue weighted by Crippen LogP contribution is -2.29. The normalized spacial score (nSPS) is 10.8. The summed E-state index contributed by atoms with van der Waals surface area (Å²) in [5.74, 6) is 0.259. The molecule has 2 aromatic carbocycles. The minimum absolute atomic E-state index is 0.136. The van der Waals surface area contributed by atoms with Gasteiger partial charge >= 0.3 is 0 Å². The van der Waals surface area contributed by atoms with E-state index in [9.17, 15) is 9.59 Å². The highest BCUT2D eigenvalue weighted by molar-refractivity contribution is 6.09. The Morgan fingerprint density at radius 3 is 2.38 bits per heavy atom. The number of anilines is 1. The molecule has 0 aliphatic heterocycles. The third kappa shape index (κ3) is 4.86. The van der Waals surface area contributed by atoms with Crippen molar-refractivity contribution < 1.29 is 19.1 Å². The van der Waals surface area contributed by atoms with Crippen molar-refractivity contribution in [2.45, 2.75) is 13.8 Å². The van der Waals surface area contributed by atoms with E-state index >= 15 is 0 Å². The van der Waals surface area contributed by atoms with E-state index in [1.165, 1.54) is 21.1 Å². The van der Waals surface area contributed by atoms with Gasteiger partial charge in [-0.3, -0.25) is 9.59 Å². The summed E-state index contributed by atoms with van der Waals surface area (Å²) >= 11 is 0. The van der Waals surface area contributed by atoms with Crippen molar-refractivity contribution in [1.29, 1.82) is 0 Å². The fourth-order valence-corrected chi connectivity index (χ4v) is 2.35. The first kappa shape index (κ1) is 19.1. The number of hydrogen-bond acceptors (Lipinski definition) is 4. The predicted molar refractivity (Wildman–Crippen MR) is 101 cm³/mol. The Kier molecular flexibility index (Phi) is 6.38. The maximum atomic E-state index is 12.7. The summed E-state index contributed by atoms with van der Waals surface area (Å²) in [6, 6.07) is 12.6. The number of carbonyl (C=O) groups excluding carboxylic acids is 2. The van der Waals surface area contributed by atoms with Gasteiger partial charge in [0.15, 0.2) is 0 Å². The maximum Gasteiger partial charge on any atom is 0.272 e. The predicted octanol–water partition coefficient (Wildman–Crippen LogP) is 3.13. The molecule has 2 N–H and O–H groups in total. The molecule has 0 atom stereocenters. The van der Waals surface area contributed by atoms with Crippen molar-refractivity contribution in [2.75, 3.05) is 19.5 Å². The molecule has 0 aromatic heterocycles. The summed E-state index contributed by atoms with van der Waals surface area (Å²) in [4.78, 5) is 24.3. The molecular weight excluding hydrogens is 332 g/mol. The molecule has 6 nitrogen and oxygen atoms in total. The number of benzene rings is 2. The number of amides is 2. The van der Waals surface area contributed by atoms with Crippen LogP contribution in [0.15, 0.2) is 48.2 Å². The third-order valence-corrected chi connectivity index (χ3v) is 3.70. The standard InChI is InChI=1S/C20H22N2O4/c1-13-7-5-6-8-15(13)11-18(21-14(2)23)20(24)22-17-12-16(25-3)9-10-19(17)26-4/h5-12H,1-4H3,(H,21,23)(H,22,24)/b18-11-. The minimum atomic E-state index is -0.463. The highest BCUT2D eigenvalue weighted by Gasteiger charge is 2.15. The molecule has 0 spiro atoms. The molecule has 136 valence electrons. The number of ether oxygens (including phenoxy) is 2. The van der Waals surface area contributed by atoms with Gasteiger partial charge in [-0.05, 0) is 36.3 Å². The van der Waals surface area contributed by atoms with E-state index in [-0.39, 0.29) is 11.6 Å². The summed E-state index contributed by atoms with van der Waals surface area (Å²) in [6.45, 7) is 3.28. The van der Waals surface area contributed by atoms with Crippen LogP contribution in [0.4, 0.5) is 5.69 Å². The number of nitrogens with one attached hydrogen (secondary N) is 2. The molecule has 26 heavy (non-hydrogen) atoms. The fourth-order valence-electron chi connectivity index (χ4n) is 2.35. The molecule has 0 aliphatic rings. The zero-order valence-electron chi connectivity index (χ0n) is 15.3. The van der Waals surface area contributed by atoms with Gasteiger partial charge in [0, 0.05) is 13.0 Å². The Labute approximate surface area is 152 Å². The van der Waals surface area contributed by atoms with E-state index in [4.69, 9.17) is 9.47 Å². The molecule has 0 radical (unpaired) electrons. The topological polar surface area (TPSA) is 76.7 Å². The average Bonchev–Trinajstić information content (AvgIpc) is 2.62. The van der Waals surface area contributed by atoms with Crippen molar-refractivity contribution in [3.05, 3.63) is 59.3 Å². The zero-order chi connectivity index (χ0) is 19.1. The largest absolute Gasteiger partial charge is 0.497 e. The van der Waals surface area contributed by atoms with Gasteiger partial charge in [0.2, 0.25) is 5.91 Å². The van der Waals surface area contributed by atoms with Crippen LogP contribution in [-0.4, -0.2) is 26.0 Å². The SMILES string of the molecule is COc1ccc(OC)c(NC(=O)/C(=C/c2ccccc2C)NC(C)=O)c1. The molecule has 0 bridgehead atoms. The number of carbonyl (C=O) groups is 2. The molecule has 0 aliphatic carbocycles. The summed E-state index contributed by atoms with van der Waals surface area (Å²) in [5.41, 5.74) is 2.40. The molecule has 0 saturated carbocycles. The van der Waals surface area contributed by atoms with Gasteiger partial charge in [-0.2, -0.15) is 0 Å². The Hall–Kier alpha value is -3.28. The highest BCUT2D eigenvalue weighted by atomic mass is 16.5. The van der Waals surface area contributed by atoms with Crippen LogP contribution in [0.1, 0.15) is 18.1 Å². The Morgan fingerprint density at radius 1 is 1.04 bits per heavy atom. The molecule has 0 unspecified atom stereocenters. The van der Waals surface area contributed by atoms with Crippen LogP contribution in [0.5, 0.6) is 11.5 Å². The molecule has 6 heteroatoms. The van der Waals surface area contributed by atoms with E-state index < -0.39 is 5.91 Å². The number of methoxy groups -OCH3 is 2. The van der Waals surface area contributed by atoms with Crippen molar-refractivity contribution >= 4 is 23.6 Å². The number of aryl methyl sites for hydroxylation is 1. The molecule has 0 fully saturated rings. The molecule has 2 aromatic rings. The van der Waals surface area contributed by atoms with Crippen LogP contribution >= 0.6 is 0 Å². The van der Waals surface area contributed by atoms with E-state index in [1.807, 2.05) is 31.2 Å². The summed E-state index contributed by atoms with van der Waals surface area (Å²) in [6.07, 6.45) is 1.64. The van der Waals surface area contributed by atoms with Crippen LogP contribution < -0.4 is 20.1 Å². The van der Waals surface area contributed by atoms with Gasteiger partial charge in [-0.15, -0.1) is 0 Å². The van der Waals surface area contributed by atoms with Crippen molar-refractivity contribution in [2.24, 2.45) is 0 Å². The monoisotopic (exact) mass is 354 g/mol. The third-order valence-electron chi connectivity index (χ3n) is 3.70. The molecule has 2 rings (SSSR count). The lowest BCUT2D eigenvalue weighted by molar-refractivity contribution is -0.120. The van der Waals surface area contributed by atoms with E-state index in [1.54, 1.807) is 24.3 Å². The van der Waals surface area contributed by atoms with E-state index in [2.05, 4.69) is 10.6 Å². The molecule has 2 amide bonds. The summed E-state index contributed by atoms with van der Waals surface area (Å²) < 4.78 is 10.4. The molecule has 0 saturated heterocycles. The second kappa shape index (κ2) is 8.71. The second-order valence-corrected chi connectivity index (χ2v) is 5.62. The van der Waals surface area contributed by atoms with Crippen LogP contribution in [-0.2, 0) is 9.59 Å². The van der Waals surface area contributed by atoms with Crippen LogP contribution in [0.25, 0.3) is 6.08 Å². The number of rotatable bonds is 6. The van der Waals surface area contributed by atoms with Gasteiger partial charge in [0.25, 0.3) is 5.91 Å². The fraction of sp³-hybridized carbons (Fsp3) is 0.200. The quantitative estimate of drug-likeness (QED) is 0.782. The van der Waals surface area contributed by atoms with Gasteiger partial charge in [0.1, 0.15) is 17.2 Å². The summed E-state index contributed by atoms with van der Waals surface area (Å²) in [5, 5.41) is 5.33. The minimum Gasteiger partial charge on any atom is -0.497 e.